The number of carbonyl (C=O) groups is 1. The third-order valence-electron chi connectivity index (χ3n) is 2.96. The van der Waals surface area contributed by atoms with Crippen molar-refractivity contribution in [2.75, 3.05) is 11.6 Å². The van der Waals surface area contributed by atoms with Crippen molar-refractivity contribution in [1.82, 2.24) is 0 Å². The molecule has 1 unspecified atom stereocenters. The fourth-order valence-corrected chi connectivity index (χ4v) is 2.35. The van der Waals surface area contributed by atoms with Crippen LogP contribution in [0.2, 0.25) is 0 Å². The van der Waals surface area contributed by atoms with E-state index in [0.717, 1.165) is 0 Å². The number of hydrogen-bond donors (Lipinski definition) is 1. The summed E-state index contributed by atoms with van der Waals surface area (Å²) in [4.78, 5) is 22.7. The van der Waals surface area contributed by atoms with Crippen LogP contribution in [0.3, 0.4) is 0 Å². The quantitative estimate of drug-likeness (QED) is 0.518. The molecule has 1 N–H and O–H groups in total. The van der Waals surface area contributed by atoms with E-state index in [-0.39, 0.29) is 11.6 Å². The smallest absolute Gasteiger partial charge is 0.270 e. The fourth-order valence-electron chi connectivity index (χ4n) is 1.83. The second-order valence-corrected chi connectivity index (χ2v) is 6.03. The Morgan fingerprint density at radius 3 is 2.52 bits per heavy atom. The van der Waals surface area contributed by atoms with Crippen LogP contribution in [0.5, 0.6) is 0 Å². The Kier molecular flexibility index (Phi) is 5.37. The first-order valence-corrected chi connectivity index (χ1v) is 8.18. The van der Waals surface area contributed by atoms with Crippen molar-refractivity contribution in [2.45, 2.75) is 4.90 Å². The zero-order valence-electron chi connectivity index (χ0n) is 12.3. The van der Waals surface area contributed by atoms with Gasteiger partial charge in [0.25, 0.3) is 5.69 Å². The zero-order valence-corrected chi connectivity index (χ0v) is 13.1. The van der Waals surface area contributed by atoms with Crippen molar-refractivity contribution >= 4 is 34.2 Å². The maximum atomic E-state index is 11.8. The van der Waals surface area contributed by atoms with E-state index in [4.69, 9.17) is 0 Å². The van der Waals surface area contributed by atoms with Crippen LogP contribution >= 0.6 is 0 Å². The second-order valence-electron chi connectivity index (χ2n) is 4.65. The molecule has 0 aliphatic rings. The van der Waals surface area contributed by atoms with Gasteiger partial charge >= 0.3 is 0 Å². The number of carbonyl (C=O) groups excluding carboxylic acids is 1. The lowest BCUT2D eigenvalue weighted by molar-refractivity contribution is -0.384. The number of nitro benzene ring substituents is 1. The Bertz CT molecular complexity index is 785. The molecule has 2 aromatic rings. The average Bonchev–Trinajstić information content (AvgIpc) is 2.53. The molecule has 0 heterocycles. The van der Waals surface area contributed by atoms with Crippen LogP contribution in [0.15, 0.2) is 59.5 Å². The molecule has 0 aliphatic carbocycles. The minimum atomic E-state index is -1.07. The van der Waals surface area contributed by atoms with Crippen LogP contribution in [0, 0.1) is 10.1 Å². The average molecular weight is 330 g/mol. The normalized spacial score (nSPS) is 12.0. The van der Waals surface area contributed by atoms with Crippen LogP contribution in [0.1, 0.15) is 5.56 Å². The van der Waals surface area contributed by atoms with Gasteiger partial charge in [-0.25, -0.2) is 0 Å². The molecule has 6 nitrogen and oxygen atoms in total. The molecule has 23 heavy (non-hydrogen) atoms. The van der Waals surface area contributed by atoms with Gasteiger partial charge in [0.2, 0.25) is 5.91 Å². The first-order valence-electron chi connectivity index (χ1n) is 6.63. The van der Waals surface area contributed by atoms with Gasteiger partial charge in [0.1, 0.15) is 0 Å². The van der Waals surface area contributed by atoms with E-state index in [1.807, 2.05) is 0 Å². The summed E-state index contributed by atoms with van der Waals surface area (Å²) < 4.78 is 11.3. The Balaban J connectivity index is 2.02. The molecule has 0 radical (unpaired) electrons. The molecule has 0 bridgehead atoms. The highest BCUT2D eigenvalue weighted by Gasteiger charge is 2.04. The van der Waals surface area contributed by atoms with E-state index < -0.39 is 15.7 Å². The maximum absolute atomic E-state index is 11.8. The van der Waals surface area contributed by atoms with Crippen LogP contribution in [-0.2, 0) is 15.6 Å². The van der Waals surface area contributed by atoms with Crippen molar-refractivity contribution in [3.8, 4) is 0 Å². The third-order valence-corrected chi connectivity index (χ3v) is 3.90. The zero-order chi connectivity index (χ0) is 16.8. The lowest BCUT2D eigenvalue weighted by Gasteiger charge is -2.03. The number of benzene rings is 2. The van der Waals surface area contributed by atoms with E-state index in [2.05, 4.69) is 5.32 Å². The Morgan fingerprint density at radius 1 is 1.22 bits per heavy atom. The highest BCUT2D eigenvalue weighted by atomic mass is 32.2. The molecule has 0 aliphatic heterocycles. The second kappa shape index (κ2) is 7.46. The van der Waals surface area contributed by atoms with E-state index in [1.165, 1.54) is 24.3 Å². The largest absolute Gasteiger partial charge is 0.323 e. The monoisotopic (exact) mass is 330 g/mol. The summed E-state index contributed by atoms with van der Waals surface area (Å²) in [5, 5.41) is 13.3. The molecule has 1 atom stereocenters. The molecule has 1 amide bonds. The van der Waals surface area contributed by atoms with Crippen molar-refractivity contribution in [1.29, 1.82) is 0 Å². The topological polar surface area (TPSA) is 89.3 Å². The molecular formula is C16H14N2O4S. The van der Waals surface area contributed by atoms with Crippen molar-refractivity contribution in [3.05, 3.63) is 70.3 Å². The Morgan fingerprint density at radius 2 is 1.91 bits per heavy atom. The number of rotatable bonds is 5. The molecule has 0 aromatic heterocycles. The maximum Gasteiger partial charge on any atom is 0.270 e. The number of non-ortho nitro benzene ring substituents is 1. The van der Waals surface area contributed by atoms with Crippen LogP contribution in [0.4, 0.5) is 11.4 Å². The standard InChI is InChI=1S/C16H14N2O4S/c1-23(22)15-8-6-13(7-9-15)17-16(19)10-5-12-3-2-4-14(11-12)18(20)21/h2-11H,1H3,(H,17,19). The van der Waals surface area contributed by atoms with Gasteiger partial charge in [-0.3, -0.25) is 19.1 Å². The first-order chi connectivity index (χ1) is 11.0. The van der Waals surface area contributed by atoms with Gasteiger partial charge in [-0.2, -0.15) is 0 Å². The van der Waals surface area contributed by atoms with Gasteiger partial charge in [0, 0.05) is 45.8 Å². The predicted molar refractivity (Wildman–Crippen MR) is 89.5 cm³/mol. The highest BCUT2D eigenvalue weighted by molar-refractivity contribution is 7.84. The minimum absolute atomic E-state index is 0.0317. The summed E-state index contributed by atoms with van der Waals surface area (Å²) >= 11 is 0. The summed E-state index contributed by atoms with van der Waals surface area (Å²) in [7, 11) is -1.07. The molecule has 0 saturated heterocycles. The molecule has 0 spiro atoms. The van der Waals surface area contributed by atoms with Gasteiger partial charge in [-0.1, -0.05) is 12.1 Å². The highest BCUT2D eigenvalue weighted by Crippen LogP contribution is 2.15. The minimum Gasteiger partial charge on any atom is -0.323 e. The number of amides is 1. The van der Waals surface area contributed by atoms with Crippen LogP contribution < -0.4 is 5.32 Å². The number of nitrogens with one attached hydrogen (secondary N) is 1. The number of hydrogen-bond acceptors (Lipinski definition) is 4. The summed E-state index contributed by atoms with van der Waals surface area (Å²) in [6, 6.07) is 12.7. The summed E-state index contributed by atoms with van der Waals surface area (Å²) in [6.45, 7) is 0. The lowest BCUT2D eigenvalue weighted by atomic mass is 10.2. The van der Waals surface area contributed by atoms with E-state index in [1.54, 1.807) is 42.7 Å². The molecule has 0 saturated carbocycles. The lowest BCUT2D eigenvalue weighted by Crippen LogP contribution is -2.07. The van der Waals surface area contributed by atoms with E-state index in [9.17, 15) is 19.1 Å². The summed E-state index contributed by atoms with van der Waals surface area (Å²) in [5.74, 6) is -0.359. The molecule has 2 aromatic carbocycles. The Labute approximate surface area is 135 Å². The number of nitrogens with zero attached hydrogens (tertiary/aromatic N) is 1. The van der Waals surface area contributed by atoms with Gasteiger partial charge < -0.3 is 5.32 Å². The van der Waals surface area contributed by atoms with Crippen LogP contribution in [0.25, 0.3) is 6.08 Å². The summed E-state index contributed by atoms with van der Waals surface area (Å²) in [6.07, 6.45) is 4.37. The van der Waals surface area contributed by atoms with Crippen molar-refractivity contribution in [3.63, 3.8) is 0 Å². The van der Waals surface area contributed by atoms with Gasteiger partial charge in [0.15, 0.2) is 0 Å². The van der Waals surface area contributed by atoms with E-state index in [0.29, 0.717) is 16.1 Å². The first kappa shape index (κ1) is 16.6. The van der Waals surface area contributed by atoms with Crippen molar-refractivity contribution in [2.24, 2.45) is 0 Å². The molecule has 0 fully saturated rings. The fraction of sp³-hybridized carbons (Fsp3) is 0.0625. The molecule has 7 heteroatoms. The van der Waals surface area contributed by atoms with Gasteiger partial charge in [-0.05, 0) is 35.9 Å². The number of anilines is 1. The summed E-state index contributed by atoms with van der Waals surface area (Å²) in [5.41, 5.74) is 1.11. The van der Waals surface area contributed by atoms with Crippen LogP contribution in [-0.4, -0.2) is 21.3 Å². The molecular weight excluding hydrogens is 316 g/mol. The number of nitro groups is 1. The predicted octanol–water partition coefficient (Wildman–Crippen LogP) is 2.98. The molecule has 2 rings (SSSR count). The van der Waals surface area contributed by atoms with Crippen molar-refractivity contribution < 1.29 is 13.9 Å². The SMILES string of the molecule is CS(=O)c1ccc(NC(=O)C=Cc2cccc([N+](=O)[O-])c2)cc1. The van der Waals surface area contributed by atoms with Gasteiger partial charge in [-0.15, -0.1) is 0 Å². The van der Waals surface area contributed by atoms with Gasteiger partial charge in [0.05, 0.1) is 4.92 Å². The molecule has 118 valence electrons. The third kappa shape index (κ3) is 4.86. The van der Waals surface area contributed by atoms with E-state index >= 15 is 0 Å². The Hall–Kier alpha value is -2.80.